The molecule has 4 heteroatoms. The lowest BCUT2D eigenvalue weighted by atomic mass is 9.77. The second kappa shape index (κ2) is 6.51. The van der Waals surface area contributed by atoms with Crippen molar-refractivity contribution in [1.29, 1.82) is 0 Å². The molecule has 4 nitrogen and oxygen atoms in total. The second-order valence-electron chi connectivity index (χ2n) is 8.41. The lowest BCUT2D eigenvalue weighted by Gasteiger charge is -2.26. The number of nitrogens with zero attached hydrogens (tertiary/aromatic N) is 1. The second-order valence-corrected chi connectivity index (χ2v) is 8.41. The van der Waals surface area contributed by atoms with Crippen molar-refractivity contribution in [1.82, 2.24) is 0 Å². The van der Waals surface area contributed by atoms with Gasteiger partial charge in [-0.3, -0.25) is 10.1 Å². The van der Waals surface area contributed by atoms with Crippen LogP contribution in [-0.2, 0) is 10.8 Å². The number of nitro benzene ring substituents is 1. The SMILES string of the molecule is COc1ccc(-c2cc(C(C)(C)C)c([N+](=O)[O-])c(C(C)(C)C)c2)cc1. The highest BCUT2D eigenvalue weighted by atomic mass is 16.6. The first-order chi connectivity index (χ1) is 11.4. The molecule has 0 aliphatic rings. The van der Waals surface area contributed by atoms with E-state index in [1.807, 2.05) is 77.9 Å². The van der Waals surface area contributed by atoms with Gasteiger partial charge in [0, 0.05) is 11.1 Å². The van der Waals surface area contributed by atoms with Crippen LogP contribution in [0.2, 0.25) is 0 Å². The highest BCUT2D eigenvalue weighted by molar-refractivity contribution is 5.71. The molecule has 2 aromatic carbocycles. The molecule has 0 radical (unpaired) electrons. The summed E-state index contributed by atoms with van der Waals surface area (Å²) in [6, 6.07) is 11.7. The number of nitro groups is 1. The highest BCUT2D eigenvalue weighted by Crippen LogP contribution is 2.42. The van der Waals surface area contributed by atoms with Crippen LogP contribution in [0.25, 0.3) is 11.1 Å². The molecule has 0 amide bonds. The van der Waals surface area contributed by atoms with Crippen LogP contribution in [0.15, 0.2) is 36.4 Å². The molecular weight excluding hydrogens is 314 g/mol. The van der Waals surface area contributed by atoms with Gasteiger partial charge in [0.2, 0.25) is 0 Å². The van der Waals surface area contributed by atoms with Gasteiger partial charge >= 0.3 is 0 Å². The van der Waals surface area contributed by atoms with Crippen molar-refractivity contribution < 1.29 is 9.66 Å². The van der Waals surface area contributed by atoms with Crippen molar-refractivity contribution in [2.24, 2.45) is 0 Å². The molecule has 0 aliphatic carbocycles. The molecular formula is C21H27NO3. The fraction of sp³-hybridized carbons (Fsp3) is 0.429. The van der Waals surface area contributed by atoms with Gasteiger partial charge in [-0.1, -0.05) is 53.7 Å². The van der Waals surface area contributed by atoms with E-state index >= 15 is 0 Å². The number of benzene rings is 2. The summed E-state index contributed by atoms with van der Waals surface area (Å²) in [4.78, 5) is 11.6. The van der Waals surface area contributed by atoms with Crippen LogP contribution in [0.3, 0.4) is 0 Å². The summed E-state index contributed by atoms with van der Waals surface area (Å²) in [5.74, 6) is 0.790. The Balaban J connectivity index is 2.80. The van der Waals surface area contributed by atoms with Gasteiger partial charge in [0.05, 0.1) is 12.0 Å². The third-order valence-electron chi connectivity index (χ3n) is 4.33. The molecule has 25 heavy (non-hydrogen) atoms. The highest BCUT2D eigenvalue weighted by Gasteiger charge is 2.33. The maximum Gasteiger partial charge on any atom is 0.276 e. The predicted octanol–water partition coefficient (Wildman–Crippen LogP) is 5.87. The molecule has 0 fully saturated rings. The van der Waals surface area contributed by atoms with Gasteiger partial charge < -0.3 is 4.74 Å². The maximum atomic E-state index is 11.9. The molecule has 0 heterocycles. The first-order valence-corrected chi connectivity index (χ1v) is 8.43. The Kier molecular flexibility index (Phi) is 4.94. The summed E-state index contributed by atoms with van der Waals surface area (Å²) in [7, 11) is 1.64. The van der Waals surface area contributed by atoms with E-state index in [1.54, 1.807) is 7.11 Å². The van der Waals surface area contributed by atoms with Crippen molar-refractivity contribution in [2.45, 2.75) is 52.4 Å². The van der Waals surface area contributed by atoms with Crippen LogP contribution >= 0.6 is 0 Å². The molecule has 0 bridgehead atoms. The largest absolute Gasteiger partial charge is 0.497 e. The molecule has 2 aromatic rings. The predicted molar refractivity (Wildman–Crippen MR) is 102 cm³/mol. The van der Waals surface area contributed by atoms with Crippen LogP contribution < -0.4 is 4.74 Å². The Labute approximate surface area is 150 Å². The van der Waals surface area contributed by atoms with Crippen LogP contribution in [0.5, 0.6) is 5.75 Å². The zero-order valence-electron chi connectivity index (χ0n) is 16.1. The summed E-state index contributed by atoms with van der Waals surface area (Å²) < 4.78 is 5.22. The van der Waals surface area contributed by atoms with Gasteiger partial charge in [-0.25, -0.2) is 0 Å². The Bertz CT molecular complexity index is 743. The van der Waals surface area contributed by atoms with E-state index in [9.17, 15) is 10.1 Å². The van der Waals surface area contributed by atoms with Gasteiger partial charge in [0.1, 0.15) is 5.75 Å². The number of hydrogen-bond acceptors (Lipinski definition) is 3. The van der Waals surface area contributed by atoms with E-state index in [-0.39, 0.29) is 21.4 Å². The Morgan fingerprint density at radius 2 is 1.28 bits per heavy atom. The van der Waals surface area contributed by atoms with Crippen molar-refractivity contribution in [3.05, 3.63) is 57.6 Å². The number of ether oxygens (including phenoxy) is 1. The average Bonchev–Trinajstić information content (AvgIpc) is 2.52. The van der Waals surface area contributed by atoms with Crippen molar-refractivity contribution in [3.63, 3.8) is 0 Å². The molecule has 0 spiro atoms. The maximum absolute atomic E-state index is 11.9. The van der Waals surface area contributed by atoms with Crippen LogP contribution in [0.4, 0.5) is 5.69 Å². The van der Waals surface area contributed by atoms with Crippen LogP contribution in [0.1, 0.15) is 52.7 Å². The van der Waals surface area contributed by atoms with Crippen molar-refractivity contribution in [2.75, 3.05) is 7.11 Å². The Morgan fingerprint density at radius 1 is 0.840 bits per heavy atom. The number of methoxy groups -OCH3 is 1. The Morgan fingerprint density at radius 3 is 1.60 bits per heavy atom. The summed E-state index contributed by atoms with van der Waals surface area (Å²) in [6.45, 7) is 12.1. The summed E-state index contributed by atoms with van der Waals surface area (Å²) >= 11 is 0. The lowest BCUT2D eigenvalue weighted by Crippen LogP contribution is -2.20. The third kappa shape index (κ3) is 4.01. The van der Waals surface area contributed by atoms with Gasteiger partial charge in [0.15, 0.2) is 0 Å². The van der Waals surface area contributed by atoms with Gasteiger partial charge in [-0.2, -0.15) is 0 Å². The van der Waals surface area contributed by atoms with Crippen LogP contribution in [0, 0.1) is 10.1 Å². The quantitative estimate of drug-likeness (QED) is 0.518. The fourth-order valence-corrected chi connectivity index (χ4v) is 2.92. The smallest absolute Gasteiger partial charge is 0.276 e. The van der Waals surface area contributed by atoms with E-state index in [4.69, 9.17) is 4.74 Å². The minimum absolute atomic E-state index is 0.234. The molecule has 0 aromatic heterocycles. The molecule has 0 aliphatic heterocycles. The molecule has 0 N–H and O–H groups in total. The van der Waals surface area contributed by atoms with Gasteiger partial charge in [-0.15, -0.1) is 0 Å². The summed E-state index contributed by atoms with van der Waals surface area (Å²) in [6.07, 6.45) is 0. The first-order valence-electron chi connectivity index (χ1n) is 8.43. The van der Waals surface area contributed by atoms with Crippen molar-refractivity contribution >= 4 is 5.69 Å². The summed E-state index contributed by atoms with van der Waals surface area (Å²) in [5.41, 5.74) is 3.11. The minimum Gasteiger partial charge on any atom is -0.497 e. The molecule has 2 rings (SSSR count). The number of hydrogen-bond donors (Lipinski definition) is 0. The van der Waals surface area contributed by atoms with E-state index in [2.05, 4.69) is 0 Å². The molecule has 0 atom stereocenters. The topological polar surface area (TPSA) is 52.4 Å². The summed E-state index contributed by atoms with van der Waals surface area (Å²) in [5, 5.41) is 11.9. The molecule has 0 saturated heterocycles. The number of rotatable bonds is 3. The zero-order valence-corrected chi connectivity index (χ0v) is 16.1. The first kappa shape index (κ1) is 19.0. The van der Waals surface area contributed by atoms with Crippen molar-refractivity contribution in [3.8, 4) is 16.9 Å². The normalized spacial score (nSPS) is 12.1. The molecule has 134 valence electrons. The van der Waals surface area contributed by atoms with E-state index in [1.165, 1.54) is 0 Å². The standard InChI is InChI=1S/C21H27NO3/c1-20(2,3)17-12-15(14-8-10-16(25-7)11-9-14)13-18(21(4,5)6)19(17)22(23)24/h8-13H,1-7H3. The van der Waals surface area contributed by atoms with Gasteiger partial charge in [0.25, 0.3) is 5.69 Å². The van der Waals surface area contributed by atoms with E-state index in [0.717, 1.165) is 28.0 Å². The van der Waals surface area contributed by atoms with Gasteiger partial charge in [-0.05, 0) is 46.2 Å². The molecule has 0 saturated carbocycles. The minimum atomic E-state index is -0.328. The monoisotopic (exact) mass is 341 g/mol. The zero-order chi connectivity index (χ0) is 19.0. The van der Waals surface area contributed by atoms with E-state index in [0.29, 0.717) is 0 Å². The fourth-order valence-electron chi connectivity index (χ4n) is 2.92. The molecule has 0 unspecified atom stereocenters. The lowest BCUT2D eigenvalue weighted by molar-refractivity contribution is -0.387. The van der Waals surface area contributed by atoms with E-state index < -0.39 is 0 Å². The third-order valence-corrected chi connectivity index (χ3v) is 4.33. The Hall–Kier alpha value is -2.36. The average molecular weight is 341 g/mol. The van der Waals surface area contributed by atoms with Crippen LogP contribution in [-0.4, -0.2) is 12.0 Å².